The minimum Gasteiger partial charge on any atom is -0.507 e. The highest BCUT2D eigenvalue weighted by molar-refractivity contribution is 6.30. The maximum absolute atomic E-state index is 10.0. The van der Waals surface area contributed by atoms with Gasteiger partial charge < -0.3 is 5.11 Å². The van der Waals surface area contributed by atoms with Gasteiger partial charge in [-0.2, -0.15) is 0 Å². The molecule has 18 heavy (non-hydrogen) atoms. The molecule has 0 aliphatic heterocycles. The smallest absolute Gasteiger partial charge is 0.124 e. The Labute approximate surface area is 110 Å². The Morgan fingerprint density at radius 3 is 2.17 bits per heavy atom. The van der Waals surface area contributed by atoms with E-state index in [1.807, 2.05) is 54.6 Å². The van der Waals surface area contributed by atoms with Crippen LogP contribution in [0, 0.1) is 0 Å². The first-order valence-corrected chi connectivity index (χ1v) is 6.10. The molecule has 0 amide bonds. The second kappa shape index (κ2) is 4.35. The summed E-state index contributed by atoms with van der Waals surface area (Å²) in [6, 6.07) is 19.2. The Bertz CT molecular complexity index is 697. The molecule has 3 rings (SSSR count). The van der Waals surface area contributed by atoms with Crippen LogP contribution in [0.1, 0.15) is 0 Å². The fraction of sp³-hybridized carbons (Fsp3) is 0. The van der Waals surface area contributed by atoms with Gasteiger partial charge >= 0.3 is 0 Å². The molecule has 3 aromatic rings. The molecular weight excluding hydrogens is 244 g/mol. The average Bonchev–Trinajstić information content (AvgIpc) is 2.39. The molecule has 0 atom stereocenters. The standard InChI is InChI=1S/C16H11ClO/c17-13-9-7-11(8-10-13)14-5-1-3-12-4-2-6-15(18)16(12)14/h1-10,18H. The van der Waals surface area contributed by atoms with Crippen LogP contribution in [0.3, 0.4) is 0 Å². The topological polar surface area (TPSA) is 20.2 Å². The van der Waals surface area contributed by atoms with Gasteiger partial charge in [0.2, 0.25) is 0 Å². The molecule has 0 aliphatic carbocycles. The van der Waals surface area contributed by atoms with E-state index in [9.17, 15) is 5.11 Å². The molecule has 0 heterocycles. The van der Waals surface area contributed by atoms with Crippen LogP contribution >= 0.6 is 11.6 Å². The van der Waals surface area contributed by atoms with E-state index < -0.39 is 0 Å². The zero-order valence-corrected chi connectivity index (χ0v) is 10.4. The van der Waals surface area contributed by atoms with Crippen molar-refractivity contribution in [2.75, 3.05) is 0 Å². The van der Waals surface area contributed by atoms with Gasteiger partial charge in [-0.05, 0) is 34.7 Å². The summed E-state index contributed by atoms with van der Waals surface area (Å²) >= 11 is 5.90. The molecule has 88 valence electrons. The van der Waals surface area contributed by atoms with Crippen molar-refractivity contribution in [1.29, 1.82) is 0 Å². The Morgan fingerprint density at radius 2 is 1.44 bits per heavy atom. The predicted octanol–water partition coefficient (Wildman–Crippen LogP) is 4.87. The van der Waals surface area contributed by atoms with Crippen molar-refractivity contribution in [1.82, 2.24) is 0 Å². The van der Waals surface area contributed by atoms with E-state index in [4.69, 9.17) is 11.6 Å². The van der Waals surface area contributed by atoms with Gasteiger partial charge in [-0.15, -0.1) is 0 Å². The molecule has 1 nitrogen and oxygen atoms in total. The molecule has 0 unspecified atom stereocenters. The van der Waals surface area contributed by atoms with E-state index in [-0.39, 0.29) is 0 Å². The first-order chi connectivity index (χ1) is 8.75. The van der Waals surface area contributed by atoms with Gasteiger partial charge in [0, 0.05) is 10.4 Å². The van der Waals surface area contributed by atoms with Crippen LogP contribution in [-0.2, 0) is 0 Å². The lowest BCUT2D eigenvalue weighted by Crippen LogP contribution is -1.82. The number of phenolic OH excluding ortho intramolecular Hbond substituents is 1. The molecule has 0 aromatic heterocycles. The maximum Gasteiger partial charge on any atom is 0.124 e. The van der Waals surface area contributed by atoms with Crippen molar-refractivity contribution >= 4 is 22.4 Å². The van der Waals surface area contributed by atoms with Gasteiger partial charge in [-0.1, -0.05) is 54.1 Å². The first kappa shape index (κ1) is 11.1. The van der Waals surface area contributed by atoms with Crippen molar-refractivity contribution in [3.05, 3.63) is 65.7 Å². The first-order valence-electron chi connectivity index (χ1n) is 5.72. The van der Waals surface area contributed by atoms with Gasteiger partial charge in [-0.3, -0.25) is 0 Å². The minimum atomic E-state index is 0.304. The van der Waals surface area contributed by atoms with Crippen LogP contribution < -0.4 is 0 Å². The second-order valence-electron chi connectivity index (χ2n) is 4.19. The molecule has 0 fully saturated rings. The number of fused-ring (bicyclic) bond motifs is 1. The van der Waals surface area contributed by atoms with Gasteiger partial charge in [0.1, 0.15) is 5.75 Å². The third-order valence-electron chi connectivity index (χ3n) is 3.04. The highest BCUT2D eigenvalue weighted by atomic mass is 35.5. The van der Waals surface area contributed by atoms with Crippen LogP contribution in [0.15, 0.2) is 60.7 Å². The molecule has 0 saturated heterocycles. The van der Waals surface area contributed by atoms with Gasteiger partial charge in [0.15, 0.2) is 0 Å². The summed E-state index contributed by atoms with van der Waals surface area (Å²) in [5.74, 6) is 0.304. The fourth-order valence-electron chi connectivity index (χ4n) is 2.19. The van der Waals surface area contributed by atoms with Gasteiger partial charge in [-0.25, -0.2) is 0 Å². The highest BCUT2D eigenvalue weighted by Crippen LogP contribution is 2.34. The molecule has 0 bridgehead atoms. The third-order valence-corrected chi connectivity index (χ3v) is 3.29. The zero-order chi connectivity index (χ0) is 12.5. The van der Waals surface area contributed by atoms with Crippen molar-refractivity contribution < 1.29 is 5.11 Å². The lowest BCUT2D eigenvalue weighted by atomic mass is 9.98. The zero-order valence-electron chi connectivity index (χ0n) is 9.60. The third kappa shape index (κ3) is 1.83. The number of rotatable bonds is 1. The molecule has 0 spiro atoms. The van der Waals surface area contributed by atoms with E-state index in [1.54, 1.807) is 6.07 Å². The molecular formula is C16H11ClO. The van der Waals surface area contributed by atoms with Crippen LogP contribution in [0.2, 0.25) is 5.02 Å². The monoisotopic (exact) mass is 254 g/mol. The van der Waals surface area contributed by atoms with E-state index in [0.29, 0.717) is 10.8 Å². The molecule has 2 heteroatoms. The summed E-state index contributed by atoms with van der Waals surface area (Å²) in [5.41, 5.74) is 2.06. The Morgan fingerprint density at radius 1 is 0.778 bits per heavy atom. The van der Waals surface area contributed by atoms with Gasteiger partial charge in [0.25, 0.3) is 0 Å². The lowest BCUT2D eigenvalue weighted by molar-refractivity contribution is 0.482. The van der Waals surface area contributed by atoms with Crippen LogP contribution in [-0.4, -0.2) is 5.11 Å². The second-order valence-corrected chi connectivity index (χ2v) is 4.62. The van der Waals surface area contributed by atoms with E-state index >= 15 is 0 Å². The number of benzene rings is 3. The molecule has 0 aliphatic rings. The minimum absolute atomic E-state index is 0.304. The summed E-state index contributed by atoms with van der Waals surface area (Å²) in [6.45, 7) is 0. The van der Waals surface area contributed by atoms with E-state index in [2.05, 4.69) is 0 Å². The number of hydrogen-bond acceptors (Lipinski definition) is 1. The van der Waals surface area contributed by atoms with E-state index in [1.165, 1.54) is 0 Å². The molecule has 0 saturated carbocycles. The highest BCUT2D eigenvalue weighted by Gasteiger charge is 2.07. The SMILES string of the molecule is Oc1cccc2cccc(-c3ccc(Cl)cc3)c12. The van der Waals surface area contributed by atoms with E-state index in [0.717, 1.165) is 21.9 Å². The Balaban J connectivity index is 2.32. The van der Waals surface area contributed by atoms with Crippen LogP contribution in [0.4, 0.5) is 0 Å². The summed E-state index contributed by atoms with van der Waals surface area (Å²) in [4.78, 5) is 0. The van der Waals surface area contributed by atoms with Gasteiger partial charge in [0.05, 0.1) is 0 Å². The molecule has 1 N–H and O–H groups in total. The lowest BCUT2D eigenvalue weighted by Gasteiger charge is -2.08. The molecule has 3 aromatic carbocycles. The largest absolute Gasteiger partial charge is 0.507 e. The maximum atomic E-state index is 10.0. The number of hydrogen-bond donors (Lipinski definition) is 1. The normalized spacial score (nSPS) is 10.7. The predicted molar refractivity (Wildman–Crippen MR) is 76.1 cm³/mol. The van der Waals surface area contributed by atoms with Crippen LogP contribution in [0.5, 0.6) is 5.75 Å². The van der Waals surface area contributed by atoms with Crippen molar-refractivity contribution in [3.63, 3.8) is 0 Å². The fourth-order valence-corrected chi connectivity index (χ4v) is 2.32. The van der Waals surface area contributed by atoms with Crippen molar-refractivity contribution in [2.24, 2.45) is 0 Å². The molecule has 0 radical (unpaired) electrons. The Hall–Kier alpha value is -1.99. The summed E-state index contributed by atoms with van der Waals surface area (Å²) in [5, 5.41) is 12.7. The Kier molecular flexibility index (Phi) is 2.69. The summed E-state index contributed by atoms with van der Waals surface area (Å²) < 4.78 is 0. The summed E-state index contributed by atoms with van der Waals surface area (Å²) in [7, 11) is 0. The quantitative estimate of drug-likeness (QED) is 0.657. The average molecular weight is 255 g/mol. The number of phenols is 1. The number of halogens is 1. The number of aromatic hydroxyl groups is 1. The summed E-state index contributed by atoms with van der Waals surface area (Å²) in [6.07, 6.45) is 0. The van der Waals surface area contributed by atoms with Crippen molar-refractivity contribution in [2.45, 2.75) is 0 Å². The van der Waals surface area contributed by atoms with Crippen molar-refractivity contribution in [3.8, 4) is 16.9 Å². The van der Waals surface area contributed by atoms with Crippen LogP contribution in [0.25, 0.3) is 21.9 Å².